The first-order valence-corrected chi connectivity index (χ1v) is 8.69. The molecule has 1 aliphatic heterocycles. The first kappa shape index (κ1) is 17.4. The summed E-state index contributed by atoms with van der Waals surface area (Å²) >= 11 is 5.20. The van der Waals surface area contributed by atoms with Crippen LogP contribution in [0.15, 0.2) is 15.9 Å². The predicted octanol–water partition coefficient (Wildman–Crippen LogP) is 1.17. The van der Waals surface area contributed by atoms with Gasteiger partial charge in [0.1, 0.15) is 0 Å². The zero-order valence-corrected chi connectivity index (χ0v) is 14.9. The van der Waals surface area contributed by atoms with Gasteiger partial charge in [-0.05, 0) is 35.1 Å². The van der Waals surface area contributed by atoms with Crippen LogP contribution in [-0.2, 0) is 16.1 Å². The van der Waals surface area contributed by atoms with Gasteiger partial charge in [0.2, 0.25) is 5.91 Å². The number of carbonyl (C=O) groups is 2. The van der Waals surface area contributed by atoms with Gasteiger partial charge in [-0.2, -0.15) is 0 Å². The zero-order valence-electron chi connectivity index (χ0n) is 12.5. The van der Waals surface area contributed by atoms with Crippen molar-refractivity contribution in [3.63, 3.8) is 0 Å². The summed E-state index contributed by atoms with van der Waals surface area (Å²) in [4.78, 5) is 29.7. The Hall–Kier alpha value is -0.960. The number of hydrogen-bond donors (Lipinski definition) is 1. The van der Waals surface area contributed by atoms with Crippen molar-refractivity contribution in [1.82, 2.24) is 14.7 Å². The molecule has 0 radical (unpaired) electrons. The zero-order chi connectivity index (χ0) is 16.1. The van der Waals surface area contributed by atoms with Gasteiger partial charge in [-0.25, -0.2) is 0 Å². The molecule has 0 atom stereocenters. The molecule has 1 aromatic rings. The number of carboxylic acid groups (broad SMARTS) is 1. The van der Waals surface area contributed by atoms with Crippen molar-refractivity contribution in [2.24, 2.45) is 0 Å². The maximum Gasteiger partial charge on any atom is 0.317 e. The van der Waals surface area contributed by atoms with Crippen molar-refractivity contribution in [2.45, 2.75) is 6.54 Å². The van der Waals surface area contributed by atoms with Gasteiger partial charge < -0.3 is 10.0 Å². The molecule has 0 saturated carbocycles. The first-order chi connectivity index (χ1) is 10.4. The highest BCUT2D eigenvalue weighted by atomic mass is 79.9. The molecule has 0 unspecified atom stereocenters. The van der Waals surface area contributed by atoms with E-state index in [4.69, 9.17) is 5.11 Å². The third kappa shape index (κ3) is 5.35. The van der Waals surface area contributed by atoms with Crippen molar-refractivity contribution in [1.29, 1.82) is 0 Å². The van der Waals surface area contributed by atoms with Gasteiger partial charge >= 0.3 is 5.97 Å². The second kappa shape index (κ2) is 8.05. The summed E-state index contributed by atoms with van der Waals surface area (Å²) in [5.41, 5.74) is 0. The molecule has 1 aromatic heterocycles. The lowest BCUT2D eigenvalue weighted by Gasteiger charge is -2.35. The van der Waals surface area contributed by atoms with E-state index in [-0.39, 0.29) is 19.0 Å². The van der Waals surface area contributed by atoms with Crippen molar-refractivity contribution in [2.75, 3.05) is 46.3 Å². The number of likely N-dealkylation sites (N-methyl/N-ethyl adjacent to an activating group) is 1. The Morgan fingerprint density at radius 2 is 1.95 bits per heavy atom. The Labute approximate surface area is 142 Å². The van der Waals surface area contributed by atoms with Gasteiger partial charge in [-0.3, -0.25) is 19.4 Å². The second-order valence-corrected chi connectivity index (χ2v) is 7.98. The highest BCUT2D eigenvalue weighted by Crippen LogP contribution is 2.23. The van der Waals surface area contributed by atoms with Gasteiger partial charge in [0.15, 0.2) is 0 Å². The predicted molar refractivity (Wildman–Crippen MR) is 89.0 cm³/mol. The van der Waals surface area contributed by atoms with Crippen LogP contribution in [0.2, 0.25) is 0 Å². The molecule has 0 aromatic carbocycles. The Morgan fingerprint density at radius 1 is 1.27 bits per heavy atom. The number of hydrogen-bond acceptors (Lipinski definition) is 5. The van der Waals surface area contributed by atoms with Crippen LogP contribution in [-0.4, -0.2) is 78.0 Å². The maximum atomic E-state index is 12.1. The van der Waals surface area contributed by atoms with E-state index in [9.17, 15) is 9.59 Å². The second-order valence-electron chi connectivity index (χ2n) is 5.43. The van der Waals surface area contributed by atoms with E-state index in [1.54, 1.807) is 18.4 Å². The lowest BCUT2D eigenvalue weighted by atomic mass is 10.3. The molecule has 22 heavy (non-hydrogen) atoms. The van der Waals surface area contributed by atoms with E-state index in [0.29, 0.717) is 13.1 Å². The van der Waals surface area contributed by atoms with Crippen LogP contribution in [0.4, 0.5) is 0 Å². The van der Waals surface area contributed by atoms with Crippen LogP contribution in [0.5, 0.6) is 0 Å². The maximum absolute atomic E-state index is 12.1. The molecule has 0 aliphatic carbocycles. The number of nitrogens with zero attached hydrogens (tertiary/aromatic N) is 3. The summed E-state index contributed by atoms with van der Waals surface area (Å²) in [5.74, 6) is -0.913. The van der Waals surface area contributed by atoms with Gasteiger partial charge in [0.25, 0.3) is 0 Å². The minimum absolute atomic E-state index is 0.00210. The van der Waals surface area contributed by atoms with Gasteiger partial charge in [0.05, 0.1) is 16.9 Å². The van der Waals surface area contributed by atoms with E-state index < -0.39 is 5.97 Å². The fraction of sp³-hybridized carbons (Fsp3) is 0.571. The summed E-state index contributed by atoms with van der Waals surface area (Å²) < 4.78 is 1.14. The van der Waals surface area contributed by atoms with Crippen molar-refractivity contribution in [3.8, 4) is 0 Å². The monoisotopic (exact) mass is 389 g/mol. The smallest absolute Gasteiger partial charge is 0.317 e. The molecule has 122 valence electrons. The summed E-state index contributed by atoms with van der Waals surface area (Å²) in [6, 6.07) is 4.17. The highest BCUT2D eigenvalue weighted by Gasteiger charge is 2.22. The molecule has 1 saturated heterocycles. The molecule has 0 spiro atoms. The van der Waals surface area contributed by atoms with Crippen LogP contribution < -0.4 is 0 Å². The van der Waals surface area contributed by atoms with Crippen LogP contribution in [0.25, 0.3) is 0 Å². The Morgan fingerprint density at radius 3 is 2.50 bits per heavy atom. The van der Waals surface area contributed by atoms with Crippen LogP contribution >= 0.6 is 27.3 Å². The molecule has 1 amide bonds. The first-order valence-electron chi connectivity index (χ1n) is 7.08. The van der Waals surface area contributed by atoms with E-state index in [1.165, 1.54) is 9.78 Å². The fourth-order valence-electron chi connectivity index (χ4n) is 2.43. The number of piperazine rings is 1. The fourth-order valence-corrected chi connectivity index (χ4v) is 3.96. The molecule has 2 heterocycles. The third-order valence-corrected chi connectivity index (χ3v) is 5.15. The third-order valence-electron chi connectivity index (χ3n) is 3.54. The van der Waals surface area contributed by atoms with Crippen LogP contribution in [0.3, 0.4) is 0 Å². The Bertz CT molecular complexity index is 529. The van der Waals surface area contributed by atoms with Crippen molar-refractivity contribution >= 4 is 39.1 Å². The minimum Gasteiger partial charge on any atom is -0.480 e. The quantitative estimate of drug-likeness (QED) is 0.790. The lowest BCUT2D eigenvalue weighted by Crippen LogP contribution is -2.50. The van der Waals surface area contributed by atoms with E-state index in [2.05, 4.69) is 33.0 Å². The van der Waals surface area contributed by atoms with Gasteiger partial charge in [0, 0.05) is 37.6 Å². The highest BCUT2D eigenvalue weighted by molar-refractivity contribution is 9.11. The van der Waals surface area contributed by atoms with Crippen LogP contribution in [0.1, 0.15) is 4.88 Å². The summed E-state index contributed by atoms with van der Waals surface area (Å²) in [6.07, 6.45) is 0. The van der Waals surface area contributed by atoms with Gasteiger partial charge in [-0.1, -0.05) is 0 Å². The Kier molecular flexibility index (Phi) is 6.37. The number of carbonyl (C=O) groups excluding carboxylic acids is 1. The van der Waals surface area contributed by atoms with E-state index in [1.807, 2.05) is 4.90 Å². The number of aliphatic carboxylic acids is 1. The van der Waals surface area contributed by atoms with Gasteiger partial charge in [-0.15, -0.1) is 11.3 Å². The molecule has 1 fully saturated rings. The lowest BCUT2D eigenvalue weighted by molar-refractivity contribution is -0.139. The molecule has 6 nitrogen and oxygen atoms in total. The SMILES string of the molecule is CN(CC(=O)O)CC(=O)N1CCN(Cc2ccc(Br)s2)CC1. The molecule has 1 N–H and O–H groups in total. The van der Waals surface area contributed by atoms with E-state index in [0.717, 1.165) is 23.4 Å². The van der Waals surface area contributed by atoms with Crippen LogP contribution in [0, 0.1) is 0 Å². The summed E-state index contributed by atoms with van der Waals surface area (Å²) in [7, 11) is 1.65. The molecule has 0 bridgehead atoms. The minimum atomic E-state index is -0.915. The van der Waals surface area contributed by atoms with E-state index >= 15 is 0 Å². The Balaban J connectivity index is 1.74. The molecule has 1 aliphatic rings. The number of halogens is 1. The summed E-state index contributed by atoms with van der Waals surface area (Å²) in [5, 5.41) is 8.71. The number of thiophene rings is 1. The standard InChI is InChI=1S/C14H20BrN3O3S/c1-16(10-14(20)21)9-13(19)18-6-4-17(5-7-18)8-11-2-3-12(15)22-11/h2-3H,4-10H2,1H3,(H,20,21). The molecule has 8 heteroatoms. The normalized spacial score (nSPS) is 16.2. The largest absolute Gasteiger partial charge is 0.480 e. The van der Waals surface area contributed by atoms with Crippen molar-refractivity contribution < 1.29 is 14.7 Å². The number of amides is 1. The molecular weight excluding hydrogens is 370 g/mol. The topological polar surface area (TPSA) is 64.1 Å². The average molecular weight is 390 g/mol. The summed E-state index contributed by atoms with van der Waals surface area (Å²) in [6.45, 7) is 4.06. The molecule has 2 rings (SSSR count). The number of rotatable bonds is 6. The average Bonchev–Trinajstić information content (AvgIpc) is 2.83. The molecular formula is C14H20BrN3O3S. The van der Waals surface area contributed by atoms with Crippen molar-refractivity contribution in [3.05, 3.63) is 20.8 Å². The number of carboxylic acids is 1.